The molecule has 1 aromatic carbocycles. The number of benzene rings is 1. The van der Waals surface area contributed by atoms with Crippen LogP contribution in [0.1, 0.15) is 18.4 Å². The molecule has 1 saturated heterocycles. The van der Waals surface area contributed by atoms with Crippen LogP contribution in [0.25, 0.3) is 0 Å². The average molecular weight is 403 g/mol. The van der Waals surface area contributed by atoms with Crippen LogP contribution in [0, 0.1) is 10.1 Å². The summed E-state index contributed by atoms with van der Waals surface area (Å²) < 4.78 is 0.116. The lowest BCUT2D eigenvalue weighted by Gasteiger charge is -2.16. The highest BCUT2D eigenvalue weighted by molar-refractivity contribution is 5.71. The van der Waals surface area contributed by atoms with Crippen LogP contribution in [-0.4, -0.2) is 57.2 Å². The van der Waals surface area contributed by atoms with Gasteiger partial charge in [-0.3, -0.25) is 14.6 Å². The number of aryl methyl sites for hydroxylation is 1. The first kappa shape index (κ1) is 20.0. The maximum Gasteiger partial charge on any atom is 0.359 e. The summed E-state index contributed by atoms with van der Waals surface area (Å²) in [5, 5.41) is 28.4. The molecule has 24 heavy (non-hydrogen) atoms. The monoisotopic (exact) mass is 402 g/mol. The number of carboxylic acids is 2. The molecular weight excluding hydrogens is 384 g/mol. The maximum atomic E-state index is 10.9. The van der Waals surface area contributed by atoms with Crippen molar-refractivity contribution in [3.05, 3.63) is 39.9 Å². The highest BCUT2D eigenvalue weighted by Gasteiger charge is 2.56. The molecule has 9 heteroatoms. The van der Waals surface area contributed by atoms with E-state index in [1.54, 1.807) is 12.1 Å². The third kappa shape index (κ3) is 5.27. The van der Waals surface area contributed by atoms with E-state index < -0.39 is 16.9 Å². The lowest BCUT2D eigenvalue weighted by molar-refractivity contribution is -0.798. The molecule has 8 nitrogen and oxygen atoms in total. The van der Waals surface area contributed by atoms with Crippen LogP contribution < -0.4 is 17.0 Å². The summed E-state index contributed by atoms with van der Waals surface area (Å²) in [5.74, 6) is -1.96. The Morgan fingerprint density at radius 2 is 1.71 bits per heavy atom. The quantitative estimate of drug-likeness (QED) is 0.220. The van der Waals surface area contributed by atoms with E-state index in [0.29, 0.717) is 6.54 Å². The first-order chi connectivity index (χ1) is 10.8. The predicted molar refractivity (Wildman–Crippen MR) is 80.0 cm³/mol. The summed E-state index contributed by atoms with van der Waals surface area (Å²) >= 11 is 0. The van der Waals surface area contributed by atoms with Gasteiger partial charge in [-0.15, -0.1) is 0 Å². The van der Waals surface area contributed by atoms with Crippen LogP contribution >= 0.6 is 0 Å². The van der Waals surface area contributed by atoms with Crippen molar-refractivity contribution in [1.82, 2.24) is 0 Å². The number of non-ortho nitro benzene ring substituents is 1. The van der Waals surface area contributed by atoms with Gasteiger partial charge in [0.25, 0.3) is 5.69 Å². The summed E-state index contributed by atoms with van der Waals surface area (Å²) in [5.41, 5.74) is 1.03. The molecule has 1 aromatic rings. The van der Waals surface area contributed by atoms with Crippen molar-refractivity contribution in [2.75, 3.05) is 19.6 Å². The Balaban J connectivity index is 0.00000288. The molecule has 1 unspecified atom stereocenters. The molecule has 1 aliphatic heterocycles. The second-order valence-corrected chi connectivity index (χ2v) is 5.97. The Morgan fingerprint density at radius 1 is 1.17 bits per heavy atom. The van der Waals surface area contributed by atoms with E-state index in [4.69, 9.17) is 10.2 Å². The van der Waals surface area contributed by atoms with E-state index in [0.717, 1.165) is 24.8 Å². The zero-order chi connectivity index (χ0) is 17.0. The van der Waals surface area contributed by atoms with Crippen molar-refractivity contribution in [2.45, 2.75) is 25.3 Å². The van der Waals surface area contributed by atoms with E-state index in [9.17, 15) is 19.7 Å². The minimum absolute atomic E-state index is 0. The topological polar surface area (TPSA) is 118 Å². The van der Waals surface area contributed by atoms with E-state index in [2.05, 4.69) is 0 Å². The molecule has 0 aliphatic carbocycles. The number of halogens is 1. The summed E-state index contributed by atoms with van der Waals surface area (Å²) in [6, 6.07) is 6.41. The molecule has 1 aliphatic rings. The summed E-state index contributed by atoms with van der Waals surface area (Å²) in [6.07, 6.45) is 2.27. The number of nitrogens with zero attached hydrogens (tertiary/aromatic N) is 2. The molecule has 1 atom stereocenters. The number of carboxylic acid groups (broad SMARTS) is 2. The zero-order valence-electron chi connectivity index (χ0n) is 12.9. The molecule has 0 amide bonds. The molecule has 0 bridgehead atoms. The highest BCUT2D eigenvalue weighted by Crippen LogP contribution is 2.34. The van der Waals surface area contributed by atoms with Crippen LogP contribution in [0.3, 0.4) is 0 Å². The average Bonchev–Trinajstić information content (AvgIpc) is 3.09. The summed E-state index contributed by atoms with van der Waals surface area (Å²) in [7, 11) is 0. The van der Waals surface area contributed by atoms with E-state index in [1.165, 1.54) is 12.1 Å². The van der Waals surface area contributed by atoms with Crippen molar-refractivity contribution in [2.24, 2.45) is 0 Å². The van der Waals surface area contributed by atoms with Gasteiger partial charge in [-0.2, -0.15) is 0 Å². The van der Waals surface area contributed by atoms with Gasteiger partial charge in [0.05, 0.1) is 4.92 Å². The largest absolute Gasteiger partial charge is 1.00 e. The fourth-order valence-electron chi connectivity index (χ4n) is 3.05. The highest BCUT2D eigenvalue weighted by atomic mass is 79.9. The normalized spacial score (nSPS) is 17.6. The molecule has 2 N–H and O–H groups in total. The minimum Gasteiger partial charge on any atom is -1.00 e. The van der Waals surface area contributed by atoms with E-state index in [-0.39, 0.29) is 46.3 Å². The van der Waals surface area contributed by atoms with Crippen LogP contribution in [0.2, 0.25) is 0 Å². The van der Waals surface area contributed by atoms with Crippen LogP contribution in [-0.2, 0) is 16.0 Å². The Morgan fingerprint density at radius 3 is 2.17 bits per heavy atom. The van der Waals surface area contributed by atoms with Gasteiger partial charge < -0.3 is 27.2 Å². The second-order valence-electron chi connectivity index (χ2n) is 5.97. The maximum absolute atomic E-state index is 10.9. The number of rotatable bonds is 9. The van der Waals surface area contributed by atoms with Gasteiger partial charge in [-0.25, -0.2) is 9.59 Å². The number of nitro groups is 1. The molecule has 0 spiro atoms. The van der Waals surface area contributed by atoms with Gasteiger partial charge in [0.2, 0.25) is 0 Å². The number of hydrogen-bond donors (Lipinski definition) is 2. The second kappa shape index (κ2) is 8.20. The fourth-order valence-corrected chi connectivity index (χ4v) is 3.05. The van der Waals surface area contributed by atoms with Crippen LogP contribution in [0.15, 0.2) is 24.3 Å². The van der Waals surface area contributed by atoms with Crippen molar-refractivity contribution < 1.29 is 46.2 Å². The Kier molecular flexibility index (Phi) is 6.85. The fraction of sp³-hybridized carbons (Fsp3) is 0.467. The zero-order valence-corrected chi connectivity index (χ0v) is 14.5. The molecular formula is C15H19BrN2O6. The molecule has 1 heterocycles. The Labute approximate surface area is 149 Å². The molecule has 0 aromatic heterocycles. The number of nitro benzene ring substituents is 1. The number of hydrogen-bond acceptors (Lipinski definition) is 4. The van der Waals surface area contributed by atoms with Gasteiger partial charge in [0.1, 0.15) is 12.6 Å². The molecule has 132 valence electrons. The van der Waals surface area contributed by atoms with Crippen molar-refractivity contribution in [1.29, 1.82) is 0 Å². The minimum atomic E-state index is -0.982. The van der Waals surface area contributed by atoms with Gasteiger partial charge in [-0.1, -0.05) is 12.1 Å². The number of quaternary nitrogens is 1. The van der Waals surface area contributed by atoms with Gasteiger partial charge >= 0.3 is 11.9 Å². The van der Waals surface area contributed by atoms with Gasteiger partial charge in [0.15, 0.2) is 13.1 Å². The third-order valence-corrected chi connectivity index (χ3v) is 4.27. The van der Waals surface area contributed by atoms with Crippen LogP contribution in [0.5, 0.6) is 0 Å². The Bertz CT molecular complexity index is 603. The first-order valence-corrected chi connectivity index (χ1v) is 7.35. The van der Waals surface area contributed by atoms with Crippen LogP contribution in [0.4, 0.5) is 5.69 Å². The van der Waals surface area contributed by atoms with E-state index in [1.807, 2.05) is 0 Å². The smallest absolute Gasteiger partial charge is 0.359 e. The molecule has 0 saturated carbocycles. The number of carbonyl (C=O) groups is 2. The number of aliphatic carboxylic acids is 2. The Hall–Kier alpha value is -2.00. The lowest BCUT2D eigenvalue weighted by atomic mass is 10.1. The molecule has 0 radical (unpaired) electrons. The molecule has 1 fully saturated rings. The third-order valence-electron chi connectivity index (χ3n) is 4.27. The predicted octanol–water partition coefficient (Wildman–Crippen LogP) is -1.71. The summed E-state index contributed by atoms with van der Waals surface area (Å²) in [4.78, 5) is 31.9. The van der Waals surface area contributed by atoms with Crippen molar-refractivity contribution in [3.63, 3.8) is 0 Å². The lowest BCUT2D eigenvalue weighted by Crippen LogP contribution is -3.00. The van der Waals surface area contributed by atoms with Gasteiger partial charge in [-0.05, 0) is 18.4 Å². The SMILES string of the molecule is O=C(O)C[N+]1(CC(=O)O)CC1CCCc1ccc([N+](=O)[O-])cc1.[Br-]. The standard InChI is InChI=1S/C15H18N2O6.BrH/c18-14(19)9-17(10-15(20)21)8-13(17)3-1-2-11-4-6-12(7-5-11)16(22)23;/h4-7,13H,1-3,8-10H2,(H-,18,19,20,21);1H. The first-order valence-electron chi connectivity index (χ1n) is 7.35. The van der Waals surface area contributed by atoms with Crippen molar-refractivity contribution in [3.8, 4) is 0 Å². The van der Waals surface area contributed by atoms with Crippen molar-refractivity contribution >= 4 is 17.6 Å². The van der Waals surface area contributed by atoms with Gasteiger partial charge in [0, 0.05) is 18.6 Å². The molecule has 2 rings (SSSR count). The van der Waals surface area contributed by atoms with E-state index >= 15 is 0 Å². The summed E-state index contributed by atoms with van der Waals surface area (Å²) in [6.45, 7) is 0.266.